The Balaban J connectivity index is 1.82. The second-order valence-corrected chi connectivity index (χ2v) is 7.55. The lowest BCUT2D eigenvalue weighted by atomic mass is 9.52. The van der Waals surface area contributed by atoms with Crippen molar-refractivity contribution in [3.05, 3.63) is 28.7 Å². The van der Waals surface area contributed by atoms with Gasteiger partial charge in [-0.2, -0.15) is 0 Å². The van der Waals surface area contributed by atoms with Crippen LogP contribution in [0.5, 0.6) is 0 Å². The van der Waals surface area contributed by atoms with Gasteiger partial charge in [0.1, 0.15) is 5.78 Å². The summed E-state index contributed by atoms with van der Waals surface area (Å²) in [4.78, 5) is 35.3. The Hall–Kier alpha value is -1.69. The standard InChI is InChI=1S/C17H21BrN2O3/c1-10(21)14-8-11(17(14,2)3)9-15(22)20-16(23)19-13-6-4-12(18)5-7-13/h4-7,11,14H,8-9H2,1-3H3,(H2,19,20,22,23)/t11-,14+/m0/s1. The van der Waals surface area contributed by atoms with Crippen molar-refractivity contribution in [2.75, 3.05) is 5.32 Å². The molecule has 1 fully saturated rings. The van der Waals surface area contributed by atoms with Gasteiger partial charge in [0.2, 0.25) is 5.91 Å². The number of ketones is 1. The van der Waals surface area contributed by atoms with Crippen molar-refractivity contribution in [1.29, 1.82) is 0 Å². The average Bonchev–Trinajstić information content (AvgIpc) is 2.45. The molecular weight excluding hydrogens is 360 g/mol. The number of carbonyl (C=O) groups is 3. The molecule has 0 heterocycles. The Morgan fingerprint density at radius 2 is 1.83 bits per heavy atom. The summed E-state index contributed by atoms with van der Waals surface area (Å²) < 4.78 is 0.909. The monoisotopic (exact) mass is 380 g/mol. The molecule has 1 aliphatic carbocycles. The van der Waals surface area contributed by atoms with Crippen LogP contribution in [-0.4, -0.2) is 17.7 Å². The van der Waals surface area contributed by atoms with E-state index < -0.39 is 6.03 Å². The lowest BCUT2D eigenvalue weighted by molar-refractivity contribution is -0.140. The van der Waals surface area contributed by atoms with Crippen LogP contribution in [0.25, 0.3) is 0 Å². The SMILES string of the molecule is CC(=O)[C@H]1C[C@@H](CC(=O)NC(=O)Nc2ccc(Br)cc2)C1(C)C. The van der Waals surface area contributed by atoms with Crippen molar-refractivity contribution in [2.24, 2.45) is 17.3 Å². The highest BCUT2D eigenvalue weighted by molar-refractivity contribution is 9.10. The number of nitrogens with one attached hydrogen (secondary N) is 2. The Kier molecular flexibility index (Phi) is 5.24. The third-order valence-corrected chi connectivity index (χ3v) is 5.28. The number of amides is 3. The highest BCUT2D eigenvalue weighted by atomic mass is 79.9. The molecule has 0 aromatic heterocycles. The zero-order valence-electron chi connectivity index (χ0n) is 13.5. The zero-order chi connectivity index (χ0) is 17.2. The maximum absolute atomic E-state index is 12.0. The first kappa shape index (κ1) is 17.7. The summed E-state index contributed by atoms with van der Waals surface area (Å²) >= 11 is 3.31. The fourth-order valence-electron chi connectivity index (χ4n) is 3.15. The molecule has 2 N–H and O–H groups in total. The predicted molar refractivity (Wildman–Crippen MR) is 92.0 cm³/mol. The number of rotatable bonds is 4. The van der Waals surface area contributed by atoms with Crippen molar-refractivity contribution in [3.63, 3.8) is 0 Å². The van der Waals surface area contributed by atoms with Crippen molar-refractivity contribution >= 4 is 39.3 Å². The fraction of sp³-hybridized carbons (Fsp3) is 0.471. The fourth-order valence-corrected chi connectivity index (χ4v) is 3.41. The number of imide groups is 1. The molecule has 5 nitrogen and oxygen atoms in total. The third kappa shape index (κ3) is 4.19. The topological polar surface area (TPSA) is 75.3 Å². The number of anilines is 1. The number of hydrogen-bond acceptors (Lipinski definition) is 3. The summed E-state index contributed by atoms with van der Waals surface area (Å²) in [5, 5.41) is 4.95. The number of urea groups is 1. The molecule has 1 aromatic rings. The molecule has 0 saturated heterocycles. The van der Waals surface area contributed by atoms with E-state index in [0.717, 1.165) is 4.47 Å². The van der Waals surface area contributed by atoms with E-state index in [1.807, 2.05) is 13.8 Å². The van der Waals surface area contributed by atoms with Gasteiger partial charge in [-0.1, -0.05) is 29.8 Å². The lowest BCUT2D eigenvalue weighted by Gasteiger charge is -2.51. The molecule has 0 aliphatic heterocycles. The van der Waals surface area contributed by atoms with Crippen molar-refractivity contribution in [1.82, 2.24) is 5.32 Å². The maximum Gasteiger partial charge on any atom is 0.325 e. The first-order valence-corrected chi connectivity index (χ1v) is 8.36. The van der Waals surface area contributed by atoms with E-state index in [4.69, 9.17) is 0 Å². The molecule has 2 rings (SSSR count). The van der Waals surface area contributed by atoms with Gasteiger partial charge in [0.25, 0.3) is 0 Å². The van der Waals surface area contributed by atoms with Crippen LogP contribution < -0.4 is 10.6 Å². The van der Waals surface area contributed by atoms with E-state index in [9.17, 15) is 14.4 Å². The summed E-state index contributed by atoms with van der Waals surface area (Å²) in [5.41, 5.74) is 0.421. The van der Waals surface area contributed by atoms with Gasteiger partial charge >= 0.3 is 6.03 Å². The highest BCUT2D eigenvalue weighted by Crippen LogP contribution is 2.53. The van der Waals surface area contributed by atoms with Crippen LogP contribution in [0.4, 0.5) is 10.5 Å². The maximum atomic E-state index is 12.0. The van der Waals surface area contributed by atoms with Gasteiger partial charge in [-0.15, -0.1) is 0 Å². The summed E-state index contributed by atoms with van der Waals surface area (Å²) in [6.45, 7) is 5.60. The van der Waals surface area contributed by atoms with Crippen LogP contribution in [0.15, 0.2) is 28.7 Å². The number of benzene rings is 1. The van der Waals surface area contributed by atoms with E-state index in [-0.39, 0.29) is 35.4 Å². The summed E-state index contributed by atoms with van der Waals surface area (Å²) in [6.07, 6.45) is 0.967. The van der Waals surface area contributed by atoms with Crippen LogP contribution in [0.1, 0.15) is 33.6 Å². The van der Waals surface area contributed by atoms with Gasteiger partial charge in [-0.3, -0.25) is 14.9 Å². The Labute approximate surface area is 144 Å². The van der Waals surface area contributed by atoms with Crippen molar-refractivity contribution in [3.8, 4) is 0 Å². The molecule has 6 heteroatoms. The number of hydrogen-bond donors (Lipinski definition) is 2. The number of Topliss-reactive ketones (excluding diaryl/α,β-unsaturated/α-hetero) is 1. The summed E-state index contributed by atoms with van der Waals surface area (Å²) in [5.74, 6) is -0.0203. The Morgan fingerprint density at radius 1 is 1.22 bits per heavy atom. The first-order valence-electron chi connectivity index (χ1n) is 7.57. The molecule has 0 radical (unpaired) electrons. The molecule has 23 heavy (non-hydrogen) atoms. The van der Waals surface area contributed by atoms with Crippen LogP contribution in [0, 0.1) is 17.3 Å². The molecule has 0 unspecified atom stereocenters. The molecule has 3 amide bonds. The van der Waals surface area contributed by atoms with Gasteiger partial charge in [0.05, 0.1) is 0 Å². The molecule has 0 spiro atoms. The van der Waals surface area contributed by atoms with Crippen LogP contribution in [0.2, 0.25) is 0 Å². The van der Waals surface area contributed by atoms with E-state index in [2.05, 4.69) is 26.6 Å². The summed E-state index contributed by atoms with van der Waals surface area (Å²) in [6, 6.07) is 6.53. The van der Waals surface area contributed by atoms with Crippen LogP contribution in [-0.2, 0) is 9.59 Å². The smallest absolute Gasteiger partial charge is 0.308 e. The molecule has 2 atom stereocenters. The minimum Gasteiger partial charge on any atom is -0.308 e. The van der Waals surface area contributed by atoms with E-state index in [1.54, 1.807) is 31.2 Å². The van der Waals surface area contributed by atoms with E-state index >= 15 is 0 Å². The average molecular weight is 381 g/mol. The third-order valence-electron chi connectivity index (χ3n) is 4.75. The largest absolute Gasteiger partial charge is 0.325 e. The normalized spacial score (nSPS) is 21.9. The Bertz CT molecular complexity index is 625. The molecule has 1 saturated carbocycles. The van der Waals surface area contributed by atoms with Gasteiger partial charge in [0.15, 0.2) is 0 Å². The highest BCUT2D eigenvalue weighted by Gasteiger charge is 2.50. The zero-order valence-corrected chi connectivity index (χ0v) is 15.1. The molecule has 1 aromatic carbocycles. The van der Waals surface area contributed by atoms with Gasteiger partial charge in [-0.25, -0.2) is 4.79 Å². The first-order chi connectivity index (χ1) is 10.7. The van der Waals surface area contributed by atoms with Crippen LogP contribution >= 0.6 is 15.9 Å². The van der Waals surface area contributed by atoms with Gasteiger partial charge in [-0.05, 0) is 48.9 Å². The van der Waals surface area contributed by atoms with E-state index in [1.165, 1.54) is 0 Å². The van der Waals surface area contributed by atoms with Crippen molar-refractivity contribution in [2.45, 2.75) is 33.6 Å². The minimum atomic E-state index is -0.544. The van der Waals surface area contributed by atoms with Crippen LogP contribution in [0.3, 0.4) is 0 Å². The second-order valence-electron chi connectivity index (χ2n) is 6.63. The second kappa shape index (κ2) is 6.83. The number of halogens is 1. The van der Waals surface area contributed by atoms with E-state index in [0.29, 0.717) is 12.1 Å². The quantitative estimate of drug-likeness (QED) is 0.835. The number of carbonyl (C=O) groups excluding carboxylic acids is 3. The lowest BCUT2D eigenvalue weighted by Crippen LogP contribution is -2.50. The van der Waals surface area contributed by atoms with Gasteiger partial charge in [0, 0.05) is 22.5 Å². The molecule has 0 bridgehead atoms. The van der Waals surface area contributed by atoms with Gasteiger partial charge < -0.3 is 5.32 Å². The predicted octanol–water partition coefficient (Wildman–Crippen LogP) is 3.74. The summed E-state index contributed by atoms with van der Waals surface area (Å²) in [7, 11) is 0. The molecular formula is C17H21BrN2O3. The van der Waals surface area contributed by atoms with Crippen molar-refractivity contribution < 1.29 is 14.4 Å². The molecule has 124 valence electrons. The molecule has 1 aliphatic rings. The Morgan fingerprint density at radius 3 is 2.35 bits per heavy atom. The minimum absolute atomic E-state index is 0.0110.